The largest absolute Gasteiger partial charge is 0.509 e. The van der Waals surface area contributed by atoms with Crippen molar-refractivity contribution in [3.8, 4) is 0 Å². The summed E-state index contributed by atoms with van der Waals surface area (Å²) in [5.41, 5.74) is 1.68. The number of rotatable bonds is 3. The molecule has 0 radical (unpaired) electrons. The van der Waals surface area contributed by atoms with Gasteiger partial charge in [0.15, 0.2) is 6.29 Å². The third-order valence-electron chi connectivity index (χ3n) is 2.68. The minimum atomic E-state index is -0.946. The van der Waals surface area contributed by atoms with Crippen LogP contribution in [0.1, 0.15) is 15.9 Å². The van der Waals surface area contributed by atoms with Gasteiger partial charge < -0.3 is 20.8 Å². The second-order valence-corrected chi connectivity index (χ2v) is 4.10. The maximum absolute atomic E-state index is 11.0. The summed E-state index contributed by atoms with van der Waals surface area (Å²) in [4.78, 5) is 11.0. The van der Waals surface area contributed by atoms with Gasteiger partial charge >= 0.3 is 5.97 Å². The molecule has 0 saturated carbocycles. The Morgan fingerprint density at radius 1 is 1.50 bits per heavy atom. The first kappa shape index (κ1) is 12.3. The van der Waals surface area contributed by atoms with Gasteiger partial charge in [-0.3, -0.25) is 5.32 Å². The van der Waals surface area contributed by atoms with Crippen LogP contribution in [0.2, 0.25) is 0 Å². The van der Waals surface area contributed by atoms with E-state index < -0.39 is 5.97 Å². The zero-order valence-electron chi connectivity index (χ0n) is 9.90. The van der Waals surface area contributed by atoms with Gasteiger partial charge in [-0.05, 0) is 24.6 Å². The topological polar surface area (TPSA) is 93.6 Å². The van der Waals surface area contributed by atoms with Crippen molar-refractivity contribution in [2.45, 2.75) is 13.2 Å². The fourth-order valence-electron chi connectivity index (χ4n) is 1.70. The molecule has 0 saturated heterocycles. The highest BCUT2D eigenvalue weighted by molar-refractivity contribution is 5.90. The first-order valence-corrected chi connectivity index (χ1v) is 5.54. The lowest BCUT2D eigenvalue weighted by molar-refractivity contribution is 0.0696. The van der Waals surface area contributed by atoms with Crippen molar-refractivity contribution in [3.63, 3.8) is 0 Å². The second kappa shape index (κ2) is 4.97. The molecule has 0 aliphatic carbocycles. The Morgan fingerprint density at radius 2 is 2.28 bits per heavy atom. The molecule has 0 amide bonds. The molecule has 0 spiro atoms. The lowest BCUT2D eigenvalue weighted by Crippen LogP contribution is -2.49. The van der Waals surface area contributed by atoms with Gasteiger partial charge in [0.25, 0.3) is 0 Å². The van der Waals surface area contributed by atoms with Crippen LogP contribution < -0.4 is 16.0 Å². The number of carbonyl (C=O) groups is 1. The van der Waals surface area contributed by atoms with Gasteiger partial charge in [-0.1, -0.05) is 6.07 Å². The van der Waals surface area contributed by atoms with Crippen molar-refractivity contribution < 1.29 is 15.0 Å². The lowest BCUT2D eigenvalue weighted by atomic mass is 10.1. The van der Waals surface area contributed by atoms with E-state index in [0.717, 1.165) is 5.56 Å². The molecule has 0 aromatic heterocycles. The van der Waals surface area contributed by atoms with Crippen LogP contribution in [0.5, 0.6) is 0 Å². The van der Waals surface area contributed by atoms with E-state index in [1.807, 2.05) is 6.07 Å². The first-order valence-electron chi connectivity index (χ1n) is 5.54. The van der Waals surface area contributed by atoms with Gasteiger partial charge in [-0.15, -0.1) is 0 Å². The van der Waals surface area contributed by atoms with E-state index in [9.17, 15) is 9.90 Å². The summed E-state index contributed by atoms with van der Waals surface area (Å²) >= 11 is 0. The van der Waals surface area contributed by atoms with Gasteiger partial charge in [0, 0.05) is 11.9 Å². The third-order valence-corrected chi connectivity index (χ3v) is 2.68. The number of aryl methyl sites for hydroxylation is 1. The minimum Gasteiger partial charge on any atom is -0.509 e. The van der Waals surface area contributed by atoms with E-state index in [4.69, 9.17) is 5.11 Å². The molecule has 18 heavy (non-hydrogen) atoms. The maximum atomic E-state index is 11.0. The summed E-state index contributed by atoms with van der Waals surface area (Å²) < 4.78 is 0. The van der Waals surface area contributed by atoms with E-state index in [1.54, 1.807) is 19.1 Å². The molecule has 6 heteroatoms. The summed E-state index contributed by atoms with van der Waals surface area (Å²) in [7, 11) is 0. The number of aromatic carboxylic acids is 1. The molecular formula is C12H15N3O3. The van der Waals surface area contributed by atoms with E-state index in [-0.39, 0.29) is 17.6 Å². The van der Waals surface area contributed by atoms with Crippen molar-refractivity contribution in [2.24, 2.45) is 0 Å². The quantitative estimate of drug-likeness (QED) is 0.548. The highest BCUT2D eigenvalue weighted by Crippen LogP contribution is 2.16. The smallest absolute Gasteiger partial charge is 0.336 e. The molecule has 2 rings (SSSR count). The molecule has 1 heterocycles. The molecule has 1 aliphatic rings. The van der Waals surface area contributed by atoms with E-state index in [1.165, 1.54) is 6.20 Å². The number of carboxylic acid groups (broad SMARTS) is 1. The first-order chi connectivity index (χ1) is 8.56. The van der Waals surface area contributed by atoms with Crippen LogP contribution in [0.3, 0.4) is 0 Å². The monoisotopic (exact) mass is 249 g/mol. The fraction of sp³-hybridized carbons (Fsp3) is 0.250. The van der Waals surface area contributed by atoms with Crippen LogP contribution in [0.25, 0.3) is 0 Å². The molecule has 0 bridgehead atoms. The summed E-state index contributed by atoms with van der Waals surface area (Å²) in [6.45, 7) is 2.12. The molecular weight excluding hydrogens is 234 g/mol. The number of benzene rings is 1. The minimum absolute atomic E-state index is 0.225. The SMILES string of the molecule is Cc1ccc(NC2NC=C(O)CN2)cc1C(=O)O. The van der Waals surface area contributed by atoms with Crippen LogP contribution in [-0.4, -0.2) is 29.0 Å². The molecule has 0 fully saturated rings. The summed E-state index contributed by atoms with van der Waals surface area (Å²) in [6.07, 6.45) is 1.26. The van der Waals surface area contributed by atoms with Gasteiger partial charge in [0.2, 0.25) is 0 Å². The normalized spacial score (nSPS) is 18.7. The predicted molar refractivity (Wildman–Crippen MR) is 67.4 cm³/mol. The number of aliphatic hydroxyl groups is 1. The van der Waals surface area contributed by atoms with Crippen molar-refractivity contribution in [1.29, 1.82) is 0 Å². The molecule has 1 aliphatic heterocycles. The van der Waals surface area contributed by atoms with Crippen LogP contribution in [-0.2, 0) is 0 Å². The summed E-state index contributed by atoms with van der Waals surface area (Å²) in [5.74, 6) is -0.721. The Hall–Kier alpha value is -2.21. The highest BCUT2D eigenvalue weighted by Gasteiger charge is 2.13. The number of carboxylic acids is 1. The number of hydrogen-bond donors (Lipinski definition) is 5. The van der Waals surface area contributed by atoms with Crippen LogP contribution in [0, 0.1) is 6.92 Å². The Kier molecular flexibility index (Phi) is 3.38. The average molecular weight is 249 g/mol. The number of nitrogens with one attached hydrogen (secondary N) is 3. The van der Waals surface area contributed by atoms with E-state index >= 15 is 0 Å². The molecule has 1 aromatic carbocycles. The molecule has 1 aromatic rings. The standard InChI is InChI=1S/C12H15N3O3/c1-7-2-3-8(4-10(7)11(17)18)15-12-13-5-9(16)6-14-12/h2-5,12-16H,6H2,1H3,(H,17,18). The molecule has 96 valence electrons. The Labute approximate surface area is 104 Å². The summed E-state index contributed by atoms with van der Waals surface area (Å²) in [6, 6.07) is 5.14. The Morgan fingerprint density at radius 3 is 2.89 bits per heavy atom. The third kappa shape index (κ3) is 2.72. The lowest BCUT2D eigenvalue weighted by Gasteiger charge is -2.25. The molecule has 6 nitrogen and oxygen atoms in total. The second-order valence-electron chi connectivity index (χ2n) is 4.10. The van der Waals surface area contributed by atoms with E-state index in [0.29, 0.717) is 12.2 Å². The van der Waals surface area contributed by atoms with Crippen molar-refractivity contribution in [2.75, 3.05) is 11.9 Å². The average Bonchev–Trinajstić information content (AvgIpc) is 2.34. The van der Waals surface area contributed by atoms with Gasteiger partial charge in [-0.25, -0.2) is 4.79 Å². The van der Waals surface area contributed by atoms with Crippen LogP contribution in [0.15, 0.2) is 30.2 Å². The van der Waals surface area contributed by atoms with Crippen molar-refractivity contribution in [1.82, 2.24) is 10.6 Å². The Bertz CT molecular complexity index is 499. The number of hydrogen-bond acceptors (Lipinski definition) is 5. The highest BCUT2D eigenvalue weighted by atomic mass is 16.4. The zero-order valence-corrected chi connectivity index (χ0v) is 9.90. The Balaban J connectivity index is 2.10. The molecule has 1 unspecified atom stereocenters. The predicted octanol–water partition coefficient (Wildman–Crippen LogP) is 0.981. The zero-order chi connectivity index (χ0) is 13.1. The maximum Gasteiger partial charge on any atom is 0.336 e. The van der Waals surface area contributed by atoms with E-state index in [2.05, 4.69) is 16.0 Å². The molecule has 1 atom stereocenters. The molecule has 5 N–H and O–H groups in total. The van der Waals surface area contributed by atoms with Gasteiger partial charge in [0.1, 0.15) is 5.76 Å². The number of aliphatic hydroxyl groups excluding tert-OH is 1. The fourth-order valence-corrected chi connectivity index (χ4v) is 1.70. The van der Waals surface area contributed by atoms with Crippen LogP contribution in [0.4, 0.5) is 5.69 Å². The van der Waals surface area contributed by atoms with Gasteiger partial charge in [-0.2, -0.15) is 0 Å². The van der Waals surface area contributed by atoms with Crippen molar-refractivity contribution >= 4 is 11.7 Å². The summed E-state index contributed by atoms with van der Waals surface area (Å²) in [5, 5.41) is 27.2. The van der Waals surface area contributed by atoms with Gasteiger partial charge in [0.05, 0.1) is 12.1 Å². The number of anilines is 1. The van der Waals surface area contributed by atoms with Crippen molar-refractivity contribution in [3.05, 3.63) is 41.3 Å². The van der Waals surface area contributed by atoms with Crippen LogP contribution >= 0.6 is 0 Å².